The van der Waals surface area contributed by atoms with Gasteiger partial charge in [0.25, 0.3) is 0 Å². The molecule has 1 heterocycles. The lowest BCUT2D eigenvalue weighted by molar-refractivity contribution is -0.327. The topological polar surface area (TPSA) is 120 Å². The smallest absolute Gasteiger partial charge is 0.234 e. The minimum atomic E-state index is -2.19. The average Bonchev–Trinajstić information content (AvgIpc) is 2.49. The third-order valence-corrected chi connectivity index (χ3v) is 3.34. The highest BCUT2D eigenvalue weighted by Crippen LogP contribution is 2.31. The first-order valence-electron chi connectivity index (χ1n) is 6.20. The standard InChI is InChI=1S/C13H18O7/c14-6-9-10(16)11(17)13(18,7-15)12(20-9)19-8-4-2-1-3-5-8/h1-5,9-12,14-18H,6-7H2/t9-,10-,11+,12-,13-/m1/s1. The summed E-state index contributed by atoms with van der Waals surface area (Å²) in [7, 11) is 0. The van der Waals surface area contributed by atoms with Gasteiger partial charge in [-0.1, -0.05) is 18.2 Å². The van der Waals surface area contributed by atoms with E-state index in [0.717, 1.165) is 0 Å². The summed E-state index contributed by atoms with van der Waals surface area (Å²) >= 11 is 0. The summed E-state index contributed by atoms with van der Waals surface area (Å²) in [6.07, 6.45) is -5.80. The molecule has 0 radical (unpaired) electrons. The van der Waals surface area contributed by atoms with Crippen molar-refractivity contribution in [3.05, 3.63) is 30.3 Å². The zero-order chi connectivity index (χ0) is 14.8. The molecule has 7 heteroatoms. The van der Waals surface area contributed by atoms with E-state index in [2.05, 4.69) is 0 Å². The van der Waals surface area contributed by atoms with Crippen LogP contribution in [0.3, 0.4) is 0 Å². The number of ether oxygens (including phenoxy) is 2. The number of benzene rings is 1. The number of hydrogen-bond acceptors (Lipinski definition) is 7. The van der Waals surface area contributed by atoms with Crippen molar-refractivity contribution in [3.63, 3.8) is 0 Å². The van der Waals surface area contributed by atoms with Gasteiger partial charge in [0.15, 0.2) is 5.60 Å². The van der Waals surface area contributed by atoms with Crippen LogP contribution in [0.4, 0.5) is 0 Å². The molecular formula is C13H18O7. The maximum Gasteiger partial charge on any atom is 0.234 e. The third-order valence-electron chi connectivity index (χ3n) is 3.34. The van der Waals surface area contributed by atoms with Crippen LogP contribution in [0.1, 0.15) is 0 Å². The Kier molecular flexibility index (Phi) is 4.59. The molecule has 0 aliphatic carbocycles. The van der Waals surface area contributed by atoms with Crippen molar-refractivity contribution < 1.29 is 35.0 Å². The van der Waals surface area contributed by atoms with E-state index in [9.17, 15) is 20.4 Å². The van der Waals surface area contributed by atoms with E-state index in [0.29, 0.717) is 5.75 Å². The highest BCUT2D eigenvalue weighted by atomic mass is 16.7. The molecule has 0 bridgehead atoms. The minimum absolute atomic E-state index is 0.352. The summed E-state index contributed by atoms with van der Waals surface area (Å²) in [5.74, 6) is 0.352. The normalized spacial score (nSPS) is 37.6. The Bertz CT molecular complexity index is 426. The second-order valence-corrected chi connectivity index (χ2v) is 4.70. The molecular weight excluding hydrogens is 268 g/mol. The molecule has 7 nitrogen and oxygen atoms in total. The van der Waals surface area contributed by atoms with Crippen LogP contribution in [0.2, 0.25) is 0 Å². The molecule has 1 aromatic rings. The maximum absolute atomic E-state index is 10.3. The Morgan fingerprint density at radius 3 is 2.35 bits per heavy atom. The maximum atomic E-state index is 10.3. The molecule has 1 saturated heterocycles. The van der Waals surface area contributed by atoms with Crippen LogP contribution < -0.4 is 4.74 Å². The van der Waals surface area contributed by atoms with Gasteiger partial charge in [-0.15, -0.1) is 0 Å². The Labute approximate surface area is 115 Å². The van der Waals surface area contributed by atoms with Gasteiger partial charge in [-0.25, -0.2) is 0 Å². The van der Waals surface area contributed by atoms with Crippen LogP contribution in [0.5, 0.6) is 5.75 Å². The number of para-hydroxylation sites is 1. The van der Waals surface area contributed by atoms with Gasteiger partial charge in [0.1, 0.15) is 24.1 Å². The molecule has 2 rings (SSSR count). The van der Waals surface area contributed by atoms with Gasteiger partial charge in [-0.05, 0) is 12.1 Å². The Hall–Kier alpha value is -1.22. The Morgan fingerprint density at radius 2 is 1.80 bits per heavy atom. The van der Waals surface area contributed by atoms with Crippen molar-refractivity contribution in [2.75, 3.05) is 13.2 Å². The summed E-state index contributed by atoms with van der Waals surface area (Å²) in [5.41, 5.74) is -2.19. The molecule has 5 N–H and O–H groups in total. The van der Waals surface area contributed by atoms with Gasteiger partial charge < -0.3 is 35.0 Å². The summed E-state index contributed by atoms with van der Waals surface area (Å²) in [4.78, 5) is 0. The first-order valence-corrected chi connectivity index (χ1v) is 6.20. The molecule has 0 amide bonds. The Balaban J connectivity index is 2.23. The molecule has 1 aliphatic heterocycles. The van der Waals surface area contributed by atoms with E-state index in [1.54, 1.807) is 30.3 Å². The van der Waals surface area contributed by atoms with E-state index in [4.69, 9.17) is 14.6 Å². The molecule has 112 valence electrons. The molecule has 0 spiro atoms. The molecule has 1 fully saturated rings. The fourth-order valence-corrected chi connectivity index (χ4v) is 2.07. The quantitative estimate of drug-likeness (QED) is 0.444. The number of aliphatic hydroxyl groups is 5. The first kappa shape index (κ1) is 15.2. The first-order chi connectivity index (χ1) is 9.52. The van der Waals surface area contributed by atoms with Crippen LogP contribution >= 0.6 is 0 Å². The van der Waals surface area contributed by atoms with Gasteiger partial charge >= 0.3 is 0 Å². The zero-order valence-corrected chi connectivity index (χ0v) is 10.7. The van der Waals surface area contributed by atoms with Crippen LogP contribution in [-0.4, -0.2) is 68.9 Å². The predicted octanol–water partition coefficient (Wildman–Crippen LogP) is -1.77. The van der Waals surface area contributed by atoms with E-state index in [-0.39, 0.29) is 0 Å². The highest BCUT2D eigenvalue weighted by molar-refractivity contribution is 5.22. The Morgan fingerprint density at radius 1 is 1.15 bits per heavy atom. The van der Waals surface area contributed by atoms with Crippen molar-refractivity contribution in [3.8, 4) is 5.75 Å². The lowest BCUT2D eigenvalue weighted by atomic mass is 9.87. The van der Waals surface area contributed by atoms with Crippen molar-refractivity contribution >= 4 is 0 Å². The molecule has 0 unspecified atom stereocenters. The molecule has 0 saturated carbocycles. The average molecular weight is 286 g/mol. The van der Waals surface area contributed by atoms with Gasteiger partial charge in [-0.2, -0.15) is 0 Å². The van der Waals surface area contributed by atoms with E-state index < -0.39 is 43.4 Å². The fraction of sp³-hybridized carbons (Fsp3) is 0.538. The third kappa shape index (κ3) is 2.64. The van der Waals surface area contributed by atoms with Crippen LogP contribution in [-0.2, 0) is 4.74 Å². The van der Waals surface area contributed by atoms with Crippen molar-refractivity contribution in [1.29, 1.82) is 0 Å². The molecule has 1 aliphatic rings. The van der Waals surface area contributed by atoms with E-state index in [1.807, 2.05) is 0 Å². The summed E-state index contributed by atoms with van der Waals surface area (Å²) < 4.78 is 10.6. The summed E-state index contributed by atoms with van der Waals surface area (Å²) in [6, 6.07) is 8.37. The van der Waals surface area contributed by atoms with Gasteiger partial charge in [0.05, 0.1) is 13.2 Å². The summed E-state index contributed by atoms with van der Waals surface area (Å²) in [6.45, 7) is -1.44. The van der Waals surface area contributed by atoms with Crippen molar-refractivity contribution in [1.82, 2.24) is 0 Å². The van der Waals surface area contributed by atoms with E-state index in [1.165, 1.54) is 0 Å². The second kappa shape index (κ2) is 6.04. The molecule has 0 aromatic heterocycles. The zero-order valence-electron chi connectivity index (χ0n) is 10.7. The van der Waals surface area contributed by atoms with Crippen molar-refractivity contribution in [2.45, 2.75) is 30.2 Å². The second-order valence-electron chi connectivity index (χ2n) is 4.70. The van der Waals surface area contributed by atoms with Crippen LogP contribution in [0, 0.1) is 0 Å². The SMILES string of the molecule is OC[C@H]1O[C@@H](Oc2ccccc2)[C@@](O)(CO)[C@@H](O)[C@@H]1O. The van der Waals surface area contributed by atoms with Crippen LogP contribution in [0.15, 0.2) is 30.3 Å². The van der Waals surface area contributed by atoms with E-state index >= 15 is 0 Å². The van der Waals surface area contributed by atoms with Crippen molar-refractivity contribution in [2.24, 2.45) is 0 Å². The lowest BCUT2D eigenvalue weighted by Crippen LogP contribution is -2.69. The number of aliphatic hydroxyl groups excluding tert-OH is 4. The highest BCUT2D eigenvalue weighted by Gasteiger charge is 2.55. The van der Waals surface area contributed by atoms with Gasteiger partial charge in [-0.3, -0.25) is 0 Å². The molecule has 5 atom stereocenters. The molecule has 20 heavy (non-hydrogen) atoms. The number of hydrogen-bond donors (Lipinski definition) is 5. The lowest BCUT2D eigenvalue weighted by Gasteiger charge is -2.46. The summed E-state index contributed by atoms with van der Waals surface area (Å²) in [5, 5.41) is 48.3. The number of rotatable bonds is 4. The largest absolute Gasteiger partial charge is 0.462 e. The van der Waals surface area contributed by atoms with Gasteiger partial charge in [0, 0.05) is 0 Å². The minimum Gasteiger partial charge on any atom is -0.462 e. The van der Waals surface area contributed by atoms with Crippen LogP contribution in [0.25, 0.3) is 0 Å². The predicted molar refractivity (Wildman–Crippen MR) is 66.9 cm³/mol. The van der Waals surface area contributed by atoms with Gasteiger partial charge in [0.2, 0.25) is 6.29 Å². The molecule has 1 aromatic carbocycles. The monoisotopic (exact) mass is 286 g/mol. The fourth-order valence-electron chi connectivity index (χ4n) is 2.07.